The normalized spacial score (nSPS) is 10.3. The van der Waals surface area contributed by atoms with Crippen LogP contribution in [0.3, 0.4) is 0 Å². The summed E-state index contributed by atoms with van der Waals surface area (Å²) in [5, 5.41) is 0. The molecule has 0 saturated heterocycles. The molecule has 0 atom stereocenters. The number of nitrogen functional groups attached to an aromatic ring is 1. The fourth-order valence-electron chi connectivity index (χ4n) is 1.75. The highest BCUT2D eigenvalue weighted by Gasteiger charge is 2.21. The molecular weight excluding hydrogens is 248 g/mol. The number of hydrogen-bond donors (Lipinski definition) is 1. The zero-order valence-electron chi connectivity index (χ0n) is 10.9. The zero-order chi connectivity index (χ0) is 14.0. The van der Waals surface area contributed by atoms with Crippen molar-refractivity contribution >= 4 is 11.8 Å². The predicted molar refractivity (Wildman–Crippen MR) is 69.5 cm³/mol. The van der Waals surface area contributed by atoms with Gasteiger partial charge >= 0.3 is 0 Å². The van der Waals surface area contributed by atoms with Crippen LogP contribution in [0.2, 0.25) is 0 Å². The van der Waals surface area contributed by atoms with Crippen molar-refractivity contribution in [2.24, 2.45) is 0 Å². The number of nitrogens with two attached hydrogens (primary N) is 1. The number of Topliss-reactive ketones (excluding diaryl/α,β-unsaturated/α-hetero) is 1. The second kappa shape index (κ2) is 5.01. The van der Waals surface area contributed by atoms with Crippen molar-refractivity contribution in [3.05, 3.63) is 23.9 Å². The molecule has 0 aliphatic rings. The maximum atomic E-state index is 11.6. The van der Waals surface area contributed by atoms with E-state index in [1.807, 2.05) is 0 Å². The van der Waals surface area contributed by atoms with Gasteiger partial charge in [0.25, 0.3) is 6.01 Å². The Hall–Kier alpha value is -2.50. The summed E-state index contributed by atoms with van der Waals surface area (Å²) in [5.41, 5.74) is 6.25. The Bertz CT molecular complexity index is 619. The number of aromatic nitrogens is 1. The van der Waals surface area contributed by atoms with E-state index < -0.39 is 0 Å². The fraction of sp³-hybridized carbons (Fsp3) is 0.231. The summed E-state index contributed by atoms with van der Waals surface area (Å²) >= 11 is 0. The number of benzene rings is 1. The first-order chi connectivity index (χ1) is 9.06. The molecule has 2 aromatic rings. The second-order valence-corrected chi connectivity index (χ2v) is 3.85. The van der Waals surface area contributed by atoms with Gasteiger partial charge in [-0.05, 0) is 18.2 Å². The number of ketones is 1. The number of hydrogen-bond acceptors (Lipinski definition) is 6. The van der Waals surface area contributed by atoms with E-state index in [-0.39, 0.29) is 23.3 Å². The Morgan fingerprint density at radius 2 is 2.05 bits per heavy atom. The molecule has 2 rings (SSSR count). The molecule has 6 nitrogen and oxygen atoms in total. The molecular formula is C13H14N2O4. The van der Waals surface area contributed by atoms with E-state index in [1.54, 1.807) is 25.3 Å². The zero-order valence-corrected chi connectivity index (χ0v) is 10.9. The van der Waals surface area contributed by atoms with Crippen LogP contribution in [0.1, 0.15) is 17.4 Å². The number of methoxy groups -OCH3 is 2. The minimum absolute atomic E-state index is 0.0647. The number of nitrogens with zero attached hydrogens (tertiary/aromatic N) is 1. The Morgan fingerprint density at radius 3 is 2.63 bits per heavy atom. The summed E-state index contributed by atoms with van der Waals surface area (Å²) in [6.07, 6.45) is 0. The molecule has 0 bridgehead atoms. The summed E-state index contributed by atoms with van der Waals surface area (Å²) in [5.74, 6) is 1.20. The lowest BCUT2D eigenvalue weighted by Gasteiger charge is -2.08. The van der Waals surface area contributed by atoms with E-state index >= 15 is 0 Å². The van der Waals surface area contributed by atoms with Gasteiger partial charge in [-0.3, -0.25) is 4.79 Å². The molecule has 0 fully saturated rings. The summed E-state index contributed by atoms with van der Waals surface area (Å²) in [6, 6.07) is 5.10. The van der Waals surface area contributed by atoms with E-state index in [0.717, 1.165) is 0 Å². The average Bonchev–Trinajstić information content (AvgIpc) is 2.80. The van der Waals surface area contributed by atoms with Gasteiger partial charge in [0, 0.05) is 6.92 Å². The van der Waals surface area contributed by atoms with E-state index in [2.05, 4.69) is 4.98 Å². The number of rotatable bonds is 4. The minimum Gasteiger partial charge on any atom is -0.497 e. The van der Waals surface area contributed by atoms with Crippen LogP contribution >= 0.6 is 0 Å². The highest BCUT2D eigenvalue weighted by atomic mass is 16.5. The number of oxazole rings is 1. The lowest BCUT2D eigenvalue weighted by atomic mass is 10.1. The van der Waals surface area contributed by atoms with Gasteiger partial charge < -0.3 is 19.6 Å². The number of anilines is 1. The van der Waals surface area contributed by atoms with Crippen molar-refractivity contribution in [2.45, 2.75) is 6.92 Å². The monoisotopic (exact) mass is 262 g/mol. The van der Waals surface area contributed by atoms with Gasteiger partial charge in [-0.25, -0.2) is 0 Å². The van der Waals surface area contributed by atoms with Crippen LogP contribution in [0.4, 0.5) is 6.01 Å². The van der Waals surface area contributed by atoms with Crippen molar-refractivity contribution in [3.63, 3.8) is 0 Å². The predicted octanol–water partition coefficient (Wildman–Crippen LogP) is 2.14. The molecule has 1 heterocycles. The summed E-state index contributed by atoms with van der Waals surface area (Å²) in [6.45, 7) is 1.40. The van der Waals surface area contributed by atoms with Crippen molar-refractivity contribution in [1.29, 1.82) is 0 Å². The van der Waals surface area contributed by atoms with Crippen molar-refractivity contribution < 1.29 is 18.7 Å². The first kappa shape index (κ1) is 12.9. The average molecular weight is 262 g/mol. The molecule has 100 valence electrons. The first-order valence-corrected chi connectivity index (χ1v) is 5.56. The molecule has 0 unspecified atom stereocenters. The summed E-state index contributed by atoms with van der Waals surface area (Å²) < 4.78 is 15.7. The van der Waals surface area contributed by atoms with Gasteiger partial charge in [0.2, 0.25) is 0 Å². The Labute approximate surface area is 110 Å². The quantitative estimate of drug-likeness (QED) is 0.849. The highest BCUT2D eigenvalue weighted by molar-refractivity contribution is 5.98. The van der Waals surface area contributed by atoms with Crippen molar-refractivity contribution in [1.82, 2.24) is 4.98 Å². The first-order valence-electron chi connectivity index (χ1n) is 5.56. The Kier molecular flexibility index (Phi) is 3.41. The molecule has 0 amide bonds. The van der Waals surface area contributed by atoms with Crippen LogP contribution < -0.4 is 15.2 Å². The molecule has 0 aliphatic carbocycles. The van der Waals surface area contributed by atoms with Crippen LogP contribution in [-0.2, 0) is 0 Å². The lowest BCUT2D eigenvalue weighted by Crippen LogP contribution is -1.97. The second-order valence-electron chi connectivity index (χ2n) is 3.85. The van der Waals surface area contributed by atoms with E-state index in [4.69, 9.17) is 19.6 Å². The molecule has 6 heteroatoms. The molecule has 0 radical (unpaired) electrons. The Morgan fingerprint density at radius 1 is 1.32 bits per heavy atom. The minimum atomic E-state index is -0.236. The van der Waals surface area contributed by atoms with E-state index in [0.29, 0.717) is 17.1 Å². The number of carbonyl (C=O) groups is 1. The van der Waals surface area contributed by atoms with E-state index in [1.165, 1.54) is 14.0 Å². The van der Waals surface area contributed by atoms with Gasteiger partial charge in [-0.2, -0.15) is 4.98 Å². The van der Waals surface area contributed by atoms with Crippen molar-refractivity contribution in [3.8, 4) is 22.8 Å². The standard InChI is InChI=1S/C13H14N2O4/c1-7(16)11-12(19-13(14)15-11)9-6-8(17-2)4-5-10(9)18-3/h4-6H,1-3H3,(H2,14,15). The molecule has 0 aliphatic heterocycles. The molecule has 2 N–H and O–H groups in total. The SMILES string of the molecule is COc1ccc(OC)c(-c2oc(N)nc2C(C)=O)c1. The van der Waals surface area contributed by atoms with Crippen LogP contribution in [-0.4, -0.2) is 25.0 Å². The van der Waals surface area contributed by atoms with Crippen LogP contribution in [0, 0.1) is 0 Å². The molecule has 19 heavy (non-hydrogen) atoms. The smallest absolute Gasteiger partial charge is 0.293 e. The maximum Gasteiger partial charge on any atom is 0.293 e. The van der Waals surface area contributed by atoms with Crippen LogP contribution in [0.5, 0.6) is 11.5 Å². The molecule has 1 aromatic heterocycles. The number of ether oxygens (including phenoxy) is 2. The summed E-state index contributed by atoms with van der Waals surface area (Å²) in [4.78, 5) is 15.4. The lowest BCUT2D eigenvalue weighted by molar-refractivity contribution is 0.101. The highest BCUT2D eigenvalue weighted by Crippen LogP contribution is 2.36. The summed E-state index contributed by atoms with van der Waals surface area (Å²) in [7, 11) is 3.07. The van der Waals surface area contributed by atoms with Crippen molar-refractivity contribution in [2.75, 3.05) is 20.0 Å². The third kappa shape index (κ3) is 2.37. The van der Waals surface area contributed by atoms with E-state index in [9.17, 15) is 4.79 Å². The third-order valence-electron chi connectivity index (χ3n) is 2.63. The largest absolute Gasteiger partial charge is 0.497 e. The van der Waals surface area contributed by atoms with Gasteiger partial charge in [0.15, 0.2) is 17.2 Å². The van der Waals surface area contributed by atoms with Gasteiger partial charge in [-0.15, -0.1) is 0 Å². The molecule has 0 saturated carbocycles. The maximum absolute atomic E-state index is 11.6. The molecule has 0 spiro atoms. The molecule has 1 aromatic carbocycles. The number of carbonyl (C=O) groups excluding carboxylic acids is 1. The van der Waals surface area contributed by atoms with Gasteiger partial charge in [0.05, 0.1) is 19.8 Å². The Balaban J connectivity index is 2.66. The third-order valence-corrected chi connectivity index (χ3v) is 2.63. The van der Waals surface area contributed by atoms with Crippen LogP contribution in [0.15, 0.2) is 22.6 Å². The van der Waals surface area contributed by atoms with Gasteiger partial charge in [-0.1, -0.05) is 0 Å². The fourth-order valence-corrected chi connectivity index (χ4v) is 1.75. The van der Waals surface area contributed by atoms with Gasteiger partial charge in [0.1, 0.15) is 11.5 Å². The topological polar surface area (TPSA) is 87.6 Å². The van der Waals surface area contributed by atoms with Crippen LogP contribution in [0.25, 0.3) is 11.3 Å².